The number of rotatable bonds is 6. The zero-order valence-corrected chi connectivity index (χ0v) is 13.0. The molecule has 0 aliphatic carbocycles. The maximum atomic E-state index is 5.63. The standard InChI is InChI=1S/C17H21NOS/c1-13(2)19-16-8-4-14(5-9-16)12-18-15-6-10-17(20-3)11-7-15/h4-11,13,18H,12H2,1-3H3. The van der Waals surface area contributed by atoms with Gasteiger partial charge >= 0.3 is 0 Å². The van der Waals surface area contributed by atoms with Crippen molar-refractivity contribution in [1.82, 2.24) is 0 Å². The van der Waals surface area contributed by atoms with Gasteiger partial charge in [0.05, 0.1) is 6.10 Å². The molecule has 2 rings (SSSR count). The van der Waals surface area contributed by atoms with Crippen molar-refractivity contribution in [1.29, 1.82) is 0 Å². The van der Waals surface area contributed by atoms with Gasteiger partial charge < -0.3 is 10.1 Å². The van der Waals surface area contributed by atoms with E-state index in [0.717, 1.165) is 18.0 Å². The second-order valence-electron chi connectivity index (χ2n) is 4.89. The molecule has 20 heavy (non-hydrogen) atoms. The average molecular weight is 287 g/mol. The molecular weight excluding hydrogens is 266 g/mol. The van der Waals surface area contributed by atoms with Gasteiger partial charge in [-0.25, -0.2) is 0 Å². The van der Waals surface area contributed by atoms with Crippen molar-refractivity contribution >= 4 is 17.4 Å². The highest BCUT2D eigenvalue weighted by atomic mass is 32.2. The monoisotopic (exact) mass is 287 g/mol. The Balaban J connectivity index is 1.89. The van der Waals surface area contributed by atoms with Gasteiger partial charge in [0.2, 0.25) is 0 Å². The summed E-state index contributed by atoms with van der Waals surface area (Å²) < 4.78 is 5.63. The molecule has 0 atom stereocenters. The molecule has 0 saturated heterocycles. The van der Waals surface area contributed by atoms with Crippen LogP contribution in [0.2, 0.25) is 0 Å². The van der Waals surface area contributed by atoms with Crippen LogP contribution in [0.3, 0.4) is 0 Å². The van der Waals surface area contributed by atoms with Gasteiger partial charge in [0, 0.05) is 17.1 Å². The van der Waals surface area contributed by atoms with Gasteiger partial charge in [-0.3, -0.25) is 0 Å². The Kier molecular flexibility index (Phi) is 5.36. The number of thioether (sulfide) groups is 1. The number of hydrogen-bond acceptors (Lipinski definition) is 3. The molecule has 0 aliphatic heterocycles. The third kappa shape index (κ3) is 4.49. The molecular formula is C17H21NOS. The van der Waals surface area contributed by atoms with Crippen molar-refractivity contribution in [3.05, 3.63) is 54.1 Å². The predicted octanol–water partition coefficient (Wildman–Crippen LogP) is 4.81. The first-order valence-electron chi connectivity index (χ1n) is 6.81. The molecule has 2 nitrogen and oxygen atoms in total. The van der Waals surface area contributed by atoms with Crippen LogP contribution in [0.15, 0.2) is 53.4 Å². The van der Waals surface area contributed by atoms with Crippen LogP contribution in [0.4, 0.5) is 5.69 Å². The van der Waals surface area contributed by atoms with Crippen molar-refractivity contribution in [2.45, 2.75) is 31.4 Å². The molecule has 0 aromatic heterocycles. The van der Waals surface area contributed by atoms with E-state index >= 15 is 0 Å². The third-order valence-electron chi connectivity index (χ3n) is 2.88. The molecule has 0 unspecified atom stereocenters. The molecule has 0 amide bonds. The molecule has 1 N–H and O–H groups in total. The molecule has 0 fully saturated rings. The summed E-state index contributed by atoms with van der Waals surface area (Å²) >= 11 is 1.76. The van der Waals surface area contributed by atoms with Gasteiger partial charge in [0.15, 0.2) is 0 Å². The molecule has 0 saturated carbocycles. The Hall–Kier alpha value is -1.61. The van der Waals surface area contributed by atoms with Crippen molar-refractivity contribution in [3.8, 4) is 5.75 Å². The van der Waals surface area contributed by atoms with Gasteiger partial charge in [-0.1, -0.05) is 12.1 Å². The first kappa shape index (κ1) is 14.8. The van der Waals surface area contributed by atoms with Gasteiger partial charge in [0.1, 0.15) is 5.75 Å². The summed E-state index contributed by atoms with van der Waals surface area (Å²) in [6, 6.07) is 16.7. The summed E-state index contributed by atoms with van der Waals surface area (Å²) in [4.78, 5) is 1.28. The lowest BCUT2D eigenvalue weighted by atomic mass is 10.2. The number of nitrogens with one attached hydrogen (secondary N) is 1. The molecule has 0 radical (unpaired) electrons. The van der Waals surface area contributed by atoms with Crippen LogP contribution in [0.25, 0.3) is 0 Å². The molecule has 0 heterocycles. The van der Waals surface area contributed by atoms with E-state index < -0.39 is 0 Å². The van der Waals surface area contributed by atoms with Crippen LogP contribution in [0.1, 0.15) is 19.4 Å². The summed E-state index contributed by atoms with van der Waals surface area (Å²) in [5, 5.41) is 3.42. The minimum Gasteiger partial charge on any atom is -0.491 e. The second-order valence-corrected chi connectivity index (χ2v) is 5.77. The Morgan fingerprint density at radius 2 is 1.65 bits per heavy atom. The minimum atomic E-state index is 0.217. The summed E-state index contributed by atoms with van der Waals surface area (Å²) in [5.41, 5.74) is 2.39. The maximum absolute atomic E-state index is 5.63. The molecule has 0 aliphatic rings. The summed E-state index contributed by atoms with van der Waals surface area (Å²) in [5.74, 6) is 0.924. The van der Waals surface area contributed by atoms with Gasteiger partial charge in [-0.05, 0) is 62.1 Å². The maximum Gasteiger partial charge on any atom is 0.119 e. The molecule has 106 valence electrons. The fraction of sp³-hybridized carbons (Fsp3) is 0.294. The Bertz CT molecular complexity index is 520. The zero-order chi connectivity index (χ0) is 14.4. The van der Waals surface area contributed by atoms with E-state index in [1.165, 1.54) is 10.5 Å². The fourth-order valence-electron chi connectivity index (χ4n) is 1.87. The van der Waals surface area contributed by atoms with E-state index in [1.807, 2.05) is 26.0 Å². The Morgan fingerprint density at radius 1 is 1.00 bits per heavy atom. The molecule has 0 spiro atoms. The van der Waals surface area contributed by atoms with Crippen LogP contribution in [0, 0.1) is 0 Å². The lowest BCUT2D eigenvalue weighted by Gasteiger charge is -2.11. The predicted molar refractivity (Wildman–Crippen MR) is 87.8 cm³/mol. The normalized spacial score (nSPS) is 10.6. The first-order chi connectivity index (χ1) is 9.67. The van der Waals surface area contributed by atoms with Gasteiger partial charge in [-0.2, -0.15) is 0 Å². The average Bonchev–Trinajstić information content (AvgIpc) is 2.46. The quantitative estimate of drug-likeness (QED) is 0.771. The van der Waals surface area contributed by atoms with E-state index in [0.29, 0.717) is 0 Å². The second kappa shape index (κ2) is 7.25. The van der Waals surface area contributed by atoms with E-state index in [2.05, 4.69) is 48.0 Å². The van der Waals surface area contributed by atoms with Crippen molar-refractivity contribution in [3.63, 3.8) is 0 Å². The summed E-state index contributed by atoms with van der Waals surface area (Å²) in [6.45, 7) is 4.89. The SMILES string of the molecule is CSc1ccc(NCc2ccc(OC(C)C)cc2)cc1. The summed E-state index contributed by atoms with van der Waals surface area (Å²) in [7, 11) is 0. The molecule has 0 bridgehead atoms. The highest BCUT2D eigenvalue weighted by Crippen LogP contribution is 2.19. The Morgan fingerprint density at radius 3 is 2.20 bits per heavy atom. The van der Waals surface area contributed by atoms with Crippen LogP contribution < -0.4 is 10.1 Å². The largest absolute Gasteiger partial charge is 0.491 e. The minimum absolute atomic E-state index is 0.217. The highest BCUT2D eigenvalue weighted by molar-refractivity contribution is 7.98. The van der Waals surface area contributed by atoms with E-state index in [9.17, 15) is 0 Å². The number of anilines is 1. The Labute approximate surface area is 125 Å². The van der Waals surface area contributed by atoms with Crippen molar-refractivity contribution in [2.75, 3.05) is 11.6 Å². The van der Waals surface area contributed by atoms with Gasteiger partial charge in [-0.15, -0.1) is 11.8 Å². The molecule has 3 heteroatoms. The smallest absolute Gasteiger partial charge is 0.119 e. The van der Waals surface area contributed by atoms with Crippen molar-refractivity contribution < 1.29 is 4.74 Å². The topological polar surface area (TPSA) is 21.3 Å². The first-order valence-corrected chi connectivity index (χ1v) is 8.03. The van der Waals surface area contributed by atoms with Crippen LogP contribution >= 0.6 is 11.8 Å². The van der Waals surface area contributed by atoms with Crippen molar-refractivity contribution in [2.24, 2.45) is 0 Å². The van der Waals surface area contributed by atoms with Crippen LogP contribution in [-0.4, -0.2) is 12.4 Å². The number of hydrogen-bond donors (Lipinski definition) is 1. The van der Waals surface area contributed by atoms with E-state index in [4.69, 9.17) is 4.74 Å². The third-order valence-corrected chi connectivity index (χ3v) is 3.63. The highest BCUT2D eigenvalue weighted by Gasteiger charge is 1.99. The number of ether oxygens (including phenoxy) is 1. The lowest BCUT2D eigenvalue weighted by Crippen LogP contribution is -2.05. The van der Waals surface area contributed by atoms with Gasteiger partial charge in [0.25, 0.3) is 0 Å². The zero-order valence-electron chi connectivity index (χ0n) is 12.2. The summed E-state index contributed by atoms with van der Waals surface area (Å²) in [6.07, 6.45) is 2.30. The fourth-order valence-corrected chi connectivity index (χ4v) is 2.28. The molecule has 2 aromatic carbocycles. The van der Waals surface area contributed by atoms with E-state index in [-0.39, 0.29) is 6.10 Å². The van der Waals surface area contributed by atoms with Crippen LogP contribution in [0.5, 0.6) is 5.75 Å². The number of benzene rings is 2. The van der Waals surface area contributed by atoms with Crippen LogP contribution in [-0.2, 0) is 6.54 Å². The van der Waals surface area contributed by atoms with E-state index in [1.54, 1.807) is 11.8 Å². The molecule has 2 aromatic rings. The lowest BCUT2D eigenvalue weighted by molar-refractivity contribution is 0.242.